The molecule has 0 heterocycles. The van der Waals surface area contributed by atoms with Crippen molar-refractivity contribution < 1.29 is 19.6 Å². The van der Waals surface area contributed by atoms with E-state index in [0.29, 0.717) is 5.41 Å². The van der Waals surface area contributed by atoms with E-state index in [2.05, 4.69) is 55.4 Å². The van der Waals surface area contributed by atoms with Crippen LogP contribution < -0.4 is 0 Å². The maximum Gasteiger partial charge on any atom is 0.234 e. The Morgan fingerprint density at radius 1 is 0.607 bits per heavy atom. The molecule has 0 N–H and O–H groups in total. The predicted molar refractivity (Wildman–Crippen MR) is 116 cm³/mol. The van der Waals surface area contributed by atoms with Gasteiger partial charge < -0.3 is 0 Å². The average molecular weight is 401 g/mol. The molecule has 0 atom stereocenters. The van der Waals surface area contributed by atoms with E-state index >= 15 is 0 Å². The Morgan fingerprint density at radius 2 is 0.964 bits per heavy atom. The zero-order chi connectivity index (χ0) is 21.3. The van der Waals surface area contributed by atoms with Crippen molar-refractivity contribution in [3.8, 4) is 0 Å². The first-order valence-corrected chi connectivity index (χ1v) is 11.9. The number of hydrogen-bond acceptors (Lipinski definition) is 4. The summed E-state index contributed by atoms with van der Waals surface area (Å²) in [6.45, 7) is 17.7. The van der Waals surface area contributed by atoms with Gasteiger partial charge in [0, 0.05) is 12.8 Å². The molecule has 0 saturated heterocycles. The lowest BCUT2D eigenvalue weighted by atomic mass is 9.75. The molecule has 0 amide bonds. The Labute approximate surface area is 174 Å². The molecule has 1 fully saturated rings. The molecule has 0 aromatic carbocycles. The Kier molecular flexibility index (Phi) is 10.4. The minimum absolute atomic E-state index is 0.242. The lowest BCUT2D eigenvalue weighted by Crippen LogP contribution is -2.47. The van der Waals surface area contributed by atoms with Gasteiger partial charge in [0.15, 0.2) is 0 Å². The molecule has 4 nitrogen and oxygen atoms in total. The smallest absolute Gasteiger partial charge is 0.227 e. The molecular formula is C24H48O4. The van der Waals surface area contributed by atoms with Gasteiger partial charge in [0.2, 0.25) is 5.79 Å². The Morgan fingerprint density at radius 3 is 1.25 bits per heavy atom. The van der Waals surface area contributed by atoms with Crippen molar-refractivity contribution in [2.75, 3.05) is 0 Å². The maximum atomic E-state index is 6.18. The highest BCUT2D eigenvalue weighted by atomic mass is 17.3. The van der Waals surface area contributed by atoms with E-state index in [0.717, 1.165) is 77.0 Å². The molecule has 0 unspecified atom stereocenters. The van der Waals surface area contributed by atoms with Gasteiger partial charge >= 0.3 is 0 Å². The van der Waals surface area contributed by atoms with Crippen LogP contribution in [0.5, 0.6) is 0 Å². The lowest BCUT2D eigenvalue weighted by molar-refractivity contribution is -0.554. The van der Waals surface area contributed by atoms with E-state index in [1.807, 2.05) is 0 Å². The Bertz CT molecular complexity index is 386. The van der Waals surface area contributed by atoms with E-state index in [-0.39, 0.29) is 11.2 Å². The predicted octanol–water partition coefficient (Wildman–Crippen LogP) is 7.90. The molecule has 4 heteroatoms. The van der Waals surface area contributed by atoms with Crippen LogP contribution in [0.4, 0.5) is 0 Å². The quantitative estimate of drug-likeness (QED) is 0.169. The van der Waals surface area contributed by atoms with Gasteiger partial charge in [0.1, 0.15) is 11.2 Å². The summed E-state index contributed by atoms with van der Waals surface area (Å²) in [4.78, 5) is 24.7. The number of rotatable bonds is 14. The van der Waals surface area contributed by atoms with Crippen LogP contribution in [0.1, 0.15) is 132 Å². The second kappa shape index (κ2) is 11.3. The van der Waals surface area contributed by atoms with Crippen LogP contribution in [0.2, 0.25) is 0 Å². The van der Waals surface area contributed by atoms with Crippen molar-refractivity contribution in [2.24, 2.45) is 5.41 Å². The summed E-state index contributed by atoms with van der Waals surface area (Å²) in [7, 11) is 0. The minimum atomic E-state index is -0.803. The van der Waals surface area contributed by atoms with E-state index < -0.39 is 5.79 Å². The third-order valence-corrected chi connectivity index (χ3v) is 7.09. The molecule has 0 bridgehead atoms. The second-order valence-corrected chi connectivity index (χ2v) is 9.69. The van der Waals surface area contributed by atoms with Crippen LogP contribution in [-0.4, -0.2) is 17.0 Å². The summed E-state index contributed by atoms with van der Waals surface area (Å²) in [6, 6.07) is 0. The largest absolute Gasteiger partial charge is 0.234 e. The molecule has 0 aliphatic heterocycles. The first-order valence-electron chi connectivity index (χ1n) is 11.9. The van der Waals surface area contributed by atoms with Crippen molar-refractivity contribution in [3.63, 3.8) is 0 Å². The van der Waals surface area contributed by atoms with Crippen molar-refractivity contribution >= 4 is 0 Å². The molecule has 28 heavy (non-hydrogen) atoms. The van der Waals surface area contributed by atoms with Crippen LogP contribution in [0.15, 0.2) is 0 Å². The second-order valence-electron chi connectivity index (χ2n) is 9.69. The van der Waals surface area contributed by atoms with Gasteiger partial charge in [-0.2, -0.15) is 9.78 Å². The number of hydrogen-bond donors (Lipinski definition) is 0. The molecule has 1 saturated carbocycles. The van der Waals surface area contributed by atoms with E-state index in [1.54, 1.807) is 0 Å². The Balaban J connectivity index is 2.95. The normalized spacial score (nSPS) is 19.7. The molecule has 0 aromatic rings. The third-order valence-electron chi connectivity index (χ3n) is 7.09. The highest BCUT2D eigenvalue weighted by Gasteiger charge is 2.46. The standard InChI is InChI=1S/C24H48O4/c1-9-15-22(11-3,12-4)25-27-24(19-17-21(7,8)18-20-24)28-26-23(13-5,14-6)16-10-2/h9-20H2,1-8H3. The summed E-state index contributed by atoms with van der Waals surface area (Å²) in [5.74, 6) is -0.803. The first-order chi connectivity index (χ1) is 13.2. The monoisotopic (exact) mass is 400 g/mol. The Hall–Kier alpha value is -0.160. The van der Waals surface area contributed by atoms with E-state index in [1.165, 1.54) is 0 Å². The molecule has 0 spiro atoms. The maximum absolute atomic E-state index is 6.18. The van der Waals surface area contributed by atoms with E-state index in [4.69, 9.17) is 19.6 Å². The van der Waals surface area contributed by atoms with Crippen LogP contribution in [-0.2, 0) is 19.6 Å². The summed E-state index contributed by atoms with van der Waals surface area (Å²) < 4.78 is 0. The highest BCUT2D eigenvalue weighted by molar-refractivity contribution is 4.85. The van der Waals surface area contributed by atoms with Gasteiger partial charge in [-0.25, -0.2) is 9.78 Å². The fraction of sp³-hybridized carbons (Fsp3) is 1.00. The first kappa shape index (κ1) is 25.9. The summed E-state index contributed by atoms with van der Waals surface area (Å²) >= 11 is 0. The molecule has 0 radical (unpaired) electrons. The molecule has 1 aliphatic carbocycles. The highest BCUT2D eigenvalue weighted by Crippen LogP contribution is 2.45. The van der Waals surface area contributed by atoms with Gasteiger partial charge in [0.25, 0.3) is 0 Å². The molecule has 168 valence electrons. The molecule has 1 rings (SSSR count). The minimum Gasteiger partial charge on any atom is -0.227 e. The van der Waals surface area contributed by atoms with Crippen LogP contribution in [0.3, 0.4) is 0 Å². The van der Waals surface area contributed by atoms with Gasteiger partial charge in [-0.15, -0.1) is 0 Å². The van der Waals surface area contributed by atoms with Gasteiger partial charge in [-0.3, -0.25) is 0 Å². The lowest BCUT2D eigenvalue weighted by Gasteiger charge is -2.44. The molecule has 0 aromatic heterocycles. The van der Waals surface area contributed by atoms with Gasteiger partial charge in [-0.05, 0) is 56.8 Å². The van der Waals surface area contributed by atoms with Crippen molar-refractivity contribution in [1.82, 2.24) is 0 Å². The van der Waals surface area contributed by atoms with E-state index in [9.17, 15) is 0 Å². The van der Waals surface area contributed by atoms with Crippen molar-refractivity contribution in [1.29, 1.82) is 0 Å². The topological polar surface area (TPSA) is 36.9 Å². The summed E-state index contributed by atoms with van der Waals surface area (Å²) in [5, 5.41) is 0. The van der Waals surface area contributed by atoms with Crippen LogP contribution >= 0.6 is 0 Å². The fourth-order valence-corrected chi connectivity index (χ4v) is 4.25. The molecule has 1 aliphatic rings. The van der Waals surface area contributed by atoms with Crippen molar-refractivity contribution in [2.45, 2.75) is 149 Å². The van der Waals surface area contributed by atoms with Crippen LogP contribution in [0, 0.1) is 5.41 Å². The summed E-state index contributed by atoms with van der Waals surface area (Å²) in [6.07, 6.45) is 11.5. The average Bonchev–Trinajstić information content (AvgIpc) is 2.70. The third kappa shape index (κ3) is 6.97. The van der Waals surface area contributed by atoms with Gasteiger partial charge in [-0.1, -0.05) is 68.2 Å². The molecular weight excluding hydrogens is 352 g/mol. The van der Waals surface area contributed by atoms with Gasteiger partial charge in [0.05, 0.1) is 0 Å². The zero-order valence-electron chi connectivity index (χ0n) is 20.1. The summed E-state index contributed by atoms with van der Waals surface area (Å²) in [5.41, 5.74) is -0.176. The van der Waals surface area contributed by atoms with Crippen molar-refractivity contribution in [3.05, 3.63) is 0 Å². The van der Waals surface area contributed by atoms with Crippen LogP contribution in [0.25, 0.3) is 0 Å². The SMILES string of the molecule is CCCC(CC)(CC)OOC1(OOC(CC)(CC)CCC)CCC(C)(C)CC1. The zero-order valence-corrected chi connectivity index (χ0v) is 20.1. The fourth-order valence-electron chi connectivity index (χ4n) is 4.25.